The Morgan fingerprint density at radius 1 is 1.07 bits per heavy atom. The number of aryl methyl sites for hydroxylation is 1. The highest BCUT2D eigenvalue weighted by molar-refractivity contribution is 6.30. The molecule has 1 heterocycles. The molecule has 0 aliphatic carbocycles. The van der Waals surface area contributed by atoms with E-state index in [1.807, 2.05) is 25.1 Å². The number of fused-ring (bicyclic) bond motifs is 1. The van der Waals surface area contributed by atoms with Crippen LogP contribution in [0.15, 0.2) is 48.5 Å². The van der Waals surface area contributed by atoms with Crippen molar-refractivity contribution in [3.63, 3.8) is 0 Å². The molecule has 0 aliphatic heterocycles. The number of aromatic nitrogens is 2. The van der Waals surface area contributed by atoms with Crippen LogP contribution in [0, 0.1) is 0 Å². The number of carbonyl (C=O) groups is 1. The van der Waals surface area contributed by atoms with Gasteiger partial charge in [-0.1, -0.05) is 49.2 Å². The second kappa shape index (κ2) is 10.3. The van der Waals surface area contributed by atoms with E-state index in [2.05, 4.69) is 40.2 Å². The van der Waals surface area contributed by atoms with E-state index in [0.29, 0.717) is 6.42 Å². The Bertz CT molecular complexity index is 902. The minimum atomic E-state index is 0.159. The van der Waals surface area contributed by atoms with Gasteiger partial charge < -0.3 is 9.88 Å². The Kier molecular flexibility index (Phi) is 7.49. The van der Waals surface area contributed by atoms with Gasteiger partial charge in [-0.3, -0.25) is 4.79 Å². The molecular formula is C23H28ClN3O. The third kappa shape index (κ3) is 5.59. The number of imidazole rings is 1. The molecule has 148 valence electrons. The van der Waals surface area contributed by atoms with Crippen LogP contribution in [0.25, 0.3) is 11.0 Å². The summed E-state index contributed by atoms with van der Waals surface area (Å²) in [7, 11) is 0. The van der Waals surface area contributed by atoms with Gasteiger partial charge in [-0.25, -0.2) is 4.98 Å². The summed E-state index contributed by atoms with van der Waals surface area (Å²) in [6, 6.07) is 16.3. The van der Waals surface area contributed by atoms with E-state index >= 15 is 0 Å². The molecule has 1 N–H and O–H groups in total. The predicted molar refractivity (Wildman–Crippen MR) is 116 cm³/mol. The van der Waals surface area contributed by atoms with Gasteiger partial charge in [0.15, 0.2) is 0 Å². The van der Waals surface area contributed by atoms with Crippen molar-refractivity contribution in [3.05, 3.63) is 64.9 Å². The van der Waals surface area contributed by atoms with Crippen molar-refractivity contribution in [1.29, 1.82) is 0 Å². The summed E-state index contributed by atoms with van der Waals surface area (Å²) in [4.78, 5) is 16.4. The number of para-hydroxylation sites is 2. The quantitative estimate of drug-likeness (QED) is 0.467. The smallest absolute Gasteiger partial charge is 0.219 e. The molecular weight excluding hydrogens is 370 g/mol. The summed E-state index contributed by atoms with van der Waals surface area (Å²) >= 11 is 6.02. The zero-order valence-corrected chi connectivity index (χ0v) is 17.2. The number of hydrogen-bond donors (Lipinski definition) is 1. The van der Waals surface area contributed by atoms with Crippen LogP contribution in [-0.2, 0) is 17.8 Å². The van der Waals surface area contributed by atoms with E-state index in [0.717, 1.165) is 61.6 Å². The first kappa shape index (κ1) is 20.4. The van der Waals surface area contributed by atoms with E-state index in [1.54, 1.807) is 0 Å². The molecule has 1 amide bonds. The monoisotopic (exact) mass is 397 g/mol. The summed E-state index contributed by atoms with van der Waals surface area (Å²) in [6.45, 7) is 3.58. The third-order valence-corrected chi connectivity index (χ3v) is 5.12. The van der Waals surface area contributed by atoms with E-state index < -0.39 is 0 Å². The molecule has 0 saturated carbocycles. The highest BCUT2D eigenvalue weighted by Crippen LogP contribution is 2.20. The maximum atomic E-state index is 11.5. The first-order valence-electron chi connectivity index (χ1n) is 10.1. The molecule has 1 aromatic heterocycles. The number of halogens is 1. The number of hydrogen-bond acceptors (Lipinski definition) is 2. The van der Waals surface area contributed by atoms with Gasteiger partial charge >= 0.3 is 0 Å². The molecule has 0 unspecified atom stereocenters. The molecule has 0 bridgehead atoms. The highest BCUT2D eigenvalue weighted by atomic mass is 35.5. The predicted octanol–water partition coefficient (Wildman–Crippen LogP) is 5.37. The lowest BCUT2D eigenvalue weighted by molar-refractivity contribution is -0.121. The first-order chi connectivity index (χ1) is 13.7. The van der Waals surface area contributed by atoms with E-state index in [9.17, 15) is 4.79 Å². The van der Waals surface area contributed by atoms with Crippen LogP contribution >= 0.6 is 11.6 Å². The number of carbonyl (C=O) groups excluding carboxylic acids is 1. The average molecular weight is 398 g/mol. The fourth-order valence-corrected chi connectivity index (χ4v) is 3.52. The molecule has 28 heavy (non-hydrogen) atoms. The van der Waals surface area contributed by atoms with Crippen molar-refractivity contribution in [1.82, 2.24) is 14.9 Å². The number of unbranched alkanes of at least 4 members (excludes halogenated alkanes) is 2. The Balaban J connectivity index is 1.61. The summed E-state index contributed by atoms with van der Waals surface area (Å²) < 4.78 is 2.31. The molecule has 0 atom stereocenters. The Morgan fingerprint density at radius 3 is 2.64 bits per heavy atom. The fourth-order valence-electron chi connectivity index (χ4n) is 3.39. The number of rotatable bonds is 10. The maximum Gasteiger partial charge on any atom is 0.219 e. The SMILES string of the molecule is CCCC(=O)NCCCCCc1nc2ccccc2n1Cc1ccc(Cl)cc1. The normalized spacial score (nSPS) is 11.1. The van der Waals surface area contributed by atoms with Crippen LogP contribution in [0.2, 0.25) is 5.02 Å². The standard InChI is InChI=1S/C23H28ClN3O/c1-2-8-23(28)25-16-7-3-4-11-22-26-20-9-5-6-10-21(20)27(22)17-18-12-14-19(24)15-13-18/h5-6,9-10,12-15H,2-4,7-8,11,16-17H2,1H3,(H,25,28). The summed E-state index contributed by atoms with van der Waals surface area (Å²) in [5.41, 5.74) is 3.42. The third-order valence-electron chi connectivity index (χ3n) is 4.86. The van der Waals surface area contributed by atoms with Crippen molar-refractivity contribution in [2.24, 2.45) is 0 Å². The van der Waals surface area contributed by atoms with Crippen molar-refractivity contribution in [2.75, 3.05) is 6.54 Å². The molecule has 3 aromatic rings. The van der Waals surface area contributed by atoms with Gasteiger partial charge in [0.2, 0.25) is 5.91 Å². The van der Waals surface area contributed by atoms with Gasteiger partial charge in [0, 0.05) is 31.0 Å². The van der Waals surface area contributed by atoms with Crippen molar-refractivity contribution < 1.29 is 4.79 Å². The van der Waals surface area contributed by atoms with Gasteiger partial charge in [0.25, 0.3) is 0 Å². The summed E-state index contributed by atoms with van der Waals surface area (Å²) in [6.07, 6.45) is 5.60. The molecule has 0 fully saturated rings. The lowest BCUT2D eigenvalue weighted by Crippen LogP contribution is -2.23. The number of benzene rings is 2. The number of nitrogens with one attached hydrogen (secondary N) is 1. The van der Waals surface area contributed by atoms with Gasteiger partial charge in [-0.2, -0.15) is 0 Å². The lowest BCUT2D eigenvalue weighted by Gasteiger charge is -2.10. The zero-order valence-electron chi connectivity index (χ0n) is 16.5. The topological polar surface area (TPSA) is 46.9 Å². The van der Waals surface area contributed by atoms with Crippen LogP contribution in [0.1, 0.15) is 50.4 Å². The van der Waals surface area contributed by atoms with Crippen LogP contribution in [0.4, 0.5) is 0 Å². The second-order valence-corrected chi connectivity index (χ2v) is 7.58. The second-order valence-electron chi connectivity index (χ2n) is 7.14. The molecule has 0 saturated heterocycles. The summed E-state index contributed by atoms with van der Waals surface area (Å²) in [5, 5.41) is 3.74. The van der Waals surface area contributed by atoms with Crippen molar-refractivity contribution in [2.45, 2.75) is 52.0 Å². The van der Waals surface area contributed by atoms with Gasteiger partial charge in [-0.15, -0.1) is 0 Å². The van der Waals surface area contributed by atoms with E-state index in [-0.39, 0.29) is 5.91 Å². The van der Waals surface area contributed by atoms with E-state index in [1.165, 1.54) is 11.1 Å². The zero-order chi connectivity index (χ0) is 19.8. The van der Waals surface area contributed by atoms with Gasteiger partial charge in [0.1, 0.15) is 5.82 Å². The first-order valence-corrected chi connectivity index (χ1v) is 10.5. The number of amides is 1. The number of nitrogens with zero attached hydrogens (tertiary/aromatic N) is 2. The minimum absolute atomic E-state index is 0.159. The van der Waals surface area contributed by atoms with Crippen molar-refractivity contribution >= 4 is 28.5 Å². The van der Waals surface area contributed by atoms with Crippen LogP contribution in [0.3, 0.4) is 0 Å². The molecule has 4 nitrogen and oxygen atoms in total. The fraction of sp³-hybridized carbons (Fsp3) is 0.391. The van der Waals surface area contributed by atoms with E-state index in [4.69, 9.17) is 16.6 Å². The maximum absolute atomic E-state index is 11.5. The molecule has 2 aromatic carbocycles. The molecule has 5 heteroatoms. The largest absolute Gasteiger partial charge is 0.356 e. The minimum Gasteiger partial charge on any atom is -0.356 e. The summed E-state index contributed by atoms with van der Waals surface area (Å²) in [5.74, 6) is 1.28. The lowest BCUT2D eigenvalue weighted by atomic mass is 10.1. The molecule has 0 spiro atoms. The van der Waals surface area contributed by atoms with Gasteiger partial charge in [-0.05, 0) is 49.1 Å². The molecule has 3 rings (SSSR count). The molecule has 0 radical (unpaired) electrons. The average Bonchev–Trinajstić information content (AvgIpc) is 3.04. The van der Waals surface area contributed by atoms with Gasteiger partial charge in [0.05, 0.1) is 11.0 Å². The van der Waals surface area contributed by atoms with Crippen LogP contribution in [0.5, 0.6) is 0 Å². The Labute approximate surface area is 171 Å². The van der Waals surface area contributed by atoms with Crippen LogP contribution in [-0.4, -0.2) is 22.0 Å². The Hall–Kier alpha value is -2.33. The highest BCUT2D eigenvalue weighted by Gasteiger charge is 2.11. The Morgan fingerprint density at radius 2 is 1.86 bits per heavy atom. The van der Waals surface area contributed by atoms with Crippen molar-refractivity contribution in [3.8, 4) is 0 Å². The molecule has 0 aliphatic rings. The van der Waals surface area contributed by atoms with Crippen LogP contribution < -0.4 is 5.32 Å².